The highest BCUT2D eigenvalue weighted by molar-refractivity contribution is 5.47. The Hall–Kier alpha value is -2.54. The molecule has 0 aliphatic heterocycles. The fourth-order valence-electron chi connectivity index (χ4n) is 1.93. The number of ether oxygens (including phenoxy) is 1. The van der Waals surface area contributed by atoms with Crippen molar-refractivity contribution in [1.29, 1.82) is 0 Å². The van der Waals surface area contributed by atoms with E-state index in [2.05, 4.69) is 9.97 Å². The van der Waals surface area contributed by atoms with E-state index in [0.29, 0.717) is 28.3 Å². The van der Waals surface area contributed by atoms with Crippen molar-refractivity contribution in [2.24, 2.45) is 0 Å². The molecule has 0 bridgehead atoms. The second kappa shape index (κ2) is 6.27. The molecular weight excluding hydrogens is 274 g/mol. The number of aryl methyl sites for hydroxylation is 1. The molecule has 0 aliphatic rings. The van der Waals surface area contributed by atoms with Crippen LogP contribution in [0.25, 0.3) is 0 Å². The molecule has 7 heteroatoms. The van der Waals surface area contributed by atoms with Gasteiger partial charge in [0.1, 0.15) is 12.4 Å². The summed E-state index contributed by atoms with van der Waals surface area (Å²) in [5, 5.41) is 19.9. The van der Waals surface area contributed by atoms with Gasteiger partial charge in [-0.2, -0.15) is 0 Å². The fraction of sp³-hybridized carbons (Fsp3) is 0.286. The molecule has 0 amide bonds. The Kier molecular flexibility index (Phi) is 4.44. The summed E-state index contributed by atoms with van der Waals surface area (Å²) in [5.74, 6) is 0.511. The van der Waals surface area contributed by atoms with Crippen molar-refractivity contribution in [2.45, 2.75) is 27.1 Å². The first-order valence-electron chi connectivity index (χ1n) is 6.31. The third-order valence-corrected chi connectivity index (χ3v) is 3.09. The smallest absolute Gasteiger partial charge is 0.278 e. The predicted molar refractivity (Wildman–Crippen MR) is 74.9 cm³/mol. The molecule has 0 aromatic carbocycles. The van der Waals surface area contributed by atoms with Gasteiger partial charge in [0, 0.05) is 11.8 Å². The molecule has 0 aliphatic carbocycles. The second-order valence-electron chi connectivity index (χ2n) is 4.55. The lowest BCUT2D eigenvalue weighted by atomic mass is 10.1. The summed E-state index contributed by atoms with van der Waals surface area (Å²) in [6, 6.07) is 3.32. The standard InChI is InChI=1S/C14H15N3O4/c1-9-5-16-13(10(2)14(9)17(19)20)8-21-12-4-3-11(7-18)15-6-12/h3-6,18H,7-8H2,1-2H3. The largest absolute Gasteiger partial charge is 0.486 e. The van der Waals surface area contributed by atoms with Gasteiger partial charge in [-0.3, -0.25) is 20.1 Å². The third-order valence-electron chi connectivity index (χ3n) is 3.09. The molecule has 0 fully saturated rings. The van der Waals surface area contributed by atoms with Crippen molar-refractivity contribution in [3.8, 4) is 5.75 Å². The molecule has 0 radical (unpaired) electrons. The highest BCUT2D eigenvalue weighted by atomic mass is 16.6. The van der Waals surface area contributed by atoms with Gasteiger partial charge >= 0.3 is 0 Å². The third kappa shape index (κ3) is 3.32. The molecule has 0 atom stereocenters. The lowest BCUT2D eigenvalue weighted by Gasteiger charge is -2.09. The van der Waals surface area contributed by atoms with Crippen LogP contribution in [0.2, 0.25) is 0 Å². The van der Waals surface area contributed by atoms with Gasteiger partial charge in [0.05, 0.1) is 34.7 Å². The van der Waals surface area contributed by atoms with Gasteiger partial charge in [-0.15, -0.1) is 0 Å². The van der Waals surface area contributed by atoms with Gasteiger partial charge in [-0.05, 0) is 26.0 Å². The monoisotopic (exact) mass is 289 g/mol. The van der Waals surface area contributed by atoms with Crippen molar-refractivity contribution < 1.29 is 14.8 Å². The van der Waals surface area contributed by atoms with E-state index in [0.717, 1.165) is 0 Å². The Morgan fingerprint density at radius 3 is 2.62 bits per heavy atom. The molecule has 1 N–H and O–H groups in total. The Balaban J connectivity index is 2.16. The molecule has 0 saturated heterocycles. The highest BCUT2D eigenvalue weighted by Gasteiger charge is 2.18. The minimum absolute atomic E-state index is 0.0670. The van der Waals surface area contributed by atoms with Crippen LogP contribution in [-0.4, -0.2) is 20.0 Å². The van der Waals surface area contributed by atoms with Crippen LogP contribution < -0.4 is 4.74 Å². The van der Waals surface area contributed by atoms with E-state index in [4.69, 9.17) is 9.84 Å². The number of aliphatic hydroxyl groups is 1. The van der Waals surface area contributed by atoms with Crippen LogP contribution in [0.5, 0.6) is 5.75 Å². The van der Waals surface area contributed by atoms with Crippen molar-refractivity contribution in [3.63, 3.8) is 0 Å². The van der Waals surface area contributed by atoms with Gasteiger partial charge in [0.15, 0.2) is 0 Å². The molecule has 2 aromatic heterocycles. The number of nitrogens with zero attached hydrogens (tertiary/aromatic N) is 3. The van der Waals surface area contributed by atoms with Crippen LogP contribution in [-0.2, 0) is 13.2 Å². The van der Waals surface area contributed by atoms with Crippen molar-refractivity contribution in [3.05, 3.63) is 57.2 Å². The highest BCUT2D eigenvalue weighted by Crippen LogP contribution is 2.24. The summed E-state index contributed by atoms with van der Waals surface area (Å²) >= 11 is 0. The maximum atomic E-state index is 11.0. The van der Waals surface area contributed by atoms with Gasteiger partial charge in [-0.25, -0.2) is 0 Å². The lowest BCUT2D eigenvalue weighted by molar-refractivity contribution is -0.386. The van der Waals surface area contributed by atoms with Crippen LogP contribution in [0.4, 0.5) is 5.69 Å². The normalized spacial score (nSPS) is 10.4. The summed E-state index contributed by atoms with van der Waals surface area (Å²) in [6.45, 7) is 3.29. The van der Waals surface area contributed by atoms with E-state index in [1.54, 1.807) is 26.0 Å². The summed E-state index contributed by atoms with van der Waals surface area (Å²) in [4.78, 5) is 18.8. The summed E-state index contributed by atoms with van der Waals surface area (Å²) in [7, 11) is 0. The zero-order valence-electron chi connectivity index (χ0n) is 11.7. The number of aromatic nitrogens is 2. The van der Waals surface area contributed by atoms with Gasteiger partial charge in [-0.1, -0.05) is 0 Å². The van der Waals surface area contributed by atoms with Crippen molar-refractivity contribution in [1.82, 2.24) is 9.97 Å². The van der Waals surface area contributed by atoms with Gasteiger partial charge in [0.2, 0.25) is 0 Å². The number of hydrogen-bond donors (Lipinski definition) is 1. The number of pyridine rings is 2. The summed E-state index contributed by atoms with van der Waals surface area (Å²) in [6.07, 6.45) is 2.96. The molecule has 7 nitrogen and oxygen atoms in total. The zero-order valence-corrected chi connectivity index (χ0v) is 11.7. The molecule has 0 saturated carbocycles. The molecule has 2 aromatic rings. The maximum absolute atomic E-state index is 11.0. The minimum atomic E-state index is -0.409. The Bertz CT molecular complexity index is 656. The molecule has 2 heterocycles. The van der Waals surface area contributed by atoms with Crippen LogP contribution in [0, 0.1) is 24.0 Å². The first-order valence-corrected chi connectivity index (χ1v) is 6.31. The van der Waals surface area contributed by atoms with E-state index in [9.17, 15) is 10.1 Å². The summed E-state index contributed by atoms with van der Waals surface area (Å²) in [5.41, 5.74) is 2.15. The van der Waals surface area contributed by atoms with E-state index in [-0.39, 0.29) is 18.9 Å². The van der Waals surface area contributed by atoms with E-state index in [1.807, 2.05) is 0 Å². The van der Waals surface area contributed by atoms with Crippen LogP contribution in [0.15, 0.2) is 24.5 Å². The topological polar surface area (TPSA) is 98.4 Å². The fourth-order valence-corrected chi connectivity index (χ4v) is 1.93. The zero-order chi connectivity index (χ0) is 15.4. The average molecular weight is 289 g/mol. The minimum Gasteiger partial charge on any atom is -0.486 e. The van der Waals surface area contributed by atoms with E-state index in [1.165, 1.54) is 12.4 Å². The Morgan fingerprint density at radius 2 is 2.05 bits per heavy atom. The summed E-state index contributed by atoms with van der Waals surface area (Å²) < 4.78 is 5.52. The number of hydrogen-bond acceptors (Lipinski definition) is 6. The first-order chi connectivity index (χ1) is 10.0. The second-order valence-corrected chi connectivity index (χ2v) is 4.55. The van der Waals surface area contributed by atoms with Crippen molar-refractivity contribution >= 4 is 5.69 Å². The molecule has 0 unspecified atom stereocenters. The SMILES string of the molecule is Cc1cnc(COc2ccc(CO)nc2)c(C)c1[N+](=O)[O-]. The number of rotatable bonds is 5. The molecule has 0 spiro atoms. The van der Waals surface area contributed by atoms with Crippen molar-refractivity contribution in [2.75, 3.05) is 0 Å². The van der Waals surface area contributed by atoms with Crippen LogP contribution in [0.3, 0.4) is 0 Å². The quantitative estimate of drug-likeness (QED) is 0.668. The lowest BCUT2D eigenvalue weighted by Crippen LogP contribution is -2.05. The molecule has 110 valence electrons. The van der Waals surface area contributed by atoms with Gasteiger partial charge in [0.25, 0.3) is 5.69 Å². The number of aliphatic hydroxyl groups excluding tert-OH is 1. The molecule has 21 heavy (non-hydrogen) atoms. The van der Waals surface area contributed by atoms with Crippen LogP contribution in [0.1, 0.15) is 22.5 Å². The molecule has 2 rings (SSSR count). The first kappa shape index (κ1) is 14.9. The van der Waals surface area contributed by atoms with E-state index >= 15 is 0 Å². The Labute approximate surface area is 121 Å². The molecular formula is C14H15N3O4. The van der Waals surface area contributed by atoms with Crippen LogP contribution >= 0.6 is 0 Å². The number of nitro groups is 1. The maximum Gasteiger partial charge on any atom is 0.278 e. The average Bonchev–Trinajstić information content (AvgIpc) is 2.46. The van der Waals surface area contributed by atoms with E-state index < -0.39 is 4.92 Å². The Morgan fingerprint density at radius 1 is 1.29 bits per heavy atom. The van der Waals surface area contributed by atoms with Gasteiger partial charge < -0.3 is 9.84 Å². The predicted octanol–water partition coefficient (Wildman–Crippen LogP) is 2.07.